The molecular weight excluding hydrogens is 543 g/mol. The number of rotatable bonds is 8. The fraction of sp³-hybridized carbons (Fsp3) is 0.182. The van der Waals surface area contributed by atoms with E-state index in [1.807, 2.05) is 24.3 Å². The number of imidazole rings is 1. The summed E-state index contributed by atoms with van der Waals surface area (Å²) in [5, 5.41) is 1.17. The molecular formula is C33H30Cl2N2O3. The first-order chi connectivity index (χ1) is 19.3. The van der Waals surface area contributed by atoms with Crippen LogP contribution in [0, 0.1) is 13.8 Å². The summed E-state index contributed by atoms with van der Waals surface area (Å²) < 4.78 is 19.1. The monoisotopic (exact) mass is 572 g/mol. The van der Waals surface area contributed by atoms with Crippen molar-refractivity contribution < 1.29 is 14.2 Å². The van der Waals surface area contributed by atoms with Gasteiger partial charge in [-0.1, -0.05) is 88.9 Å². The van der Waals surface area contributed by atoms with E-state index in [1.54, 1.807) is 27.4 Å². The van der Waals surface area contributed by atoms with Crippen LogP contribution in [0.1, 0.15) is 16.7 Å². The van der Waals surface area contributed by atoms with Crippen LogP contribution in [0.3, 0.4) is 0 Å². The van der Waals surface area contributed by atoms with Gasteiger partial charge in [-0.15, -0.1) is 0 Å². The summed E-state index contributed by atoms with van der Waals surface area (Å²) in [4.78, 5) is 5.27. The zero-order chi connectivity index (χ0) is 28.4. The van der Waals surface area contributed by atoms with Crippen molar-refractivity contribution in [2.24, 2.45) is 0 Å². The second-order valence-corrected chi connectivity index (χ2v) is 10.4. The summed E-state index contributed by atoms with van der Waals surface area (Å²) in [6, 6.07) is 26.3. The van der Waals surface area contributed by atoms with Crippen molar-refractivity contribution in [3.63, 3.8) is 0 Å². The number of ether oxygens (including phenoxy) is 3. The van der Waals surface area contributed by atoms with E-state index in [9.17, 15) is 0 Å². The molecule has 4 aromatic carbocycles. The van der Waals surface area contributed by atoms with E-state index in [4.69, 9.17) is 42.4 Å². The van der Waals surface area contributed by atoms with Crippen molar-refractivity contribution >= 4 is 23.2 Å². The molecule has 1 heterocycles. The number of aryl methyl sites for hydroxylation is 2. The lowest BCUT2D eigenvalue weighted by molar-refractivity contribution is 0.324. The van der Waals surface area contributed by atoms with Crippen LogP contribution in [0.4, 0.5) is 0 Å². The highest BCUT2D eigenvalue weighted by Crippen LogP contribution is 2.44. The molecule has 0 atom stereocenters. The van der Waals surface area contributed by atoms with E-state index in [-0.39, 0.29) is 0 Å². The maximum Gasteiger partial charge on any atom is 0.203 e. The van der Waals surface area contributed by atoms with Crippen LogP contribution >= 0.6 is 23.2 Å². The highest BCUT2D eigenvalue weighted by Gasteiger charge is 2.24. The Kier molecular flexibility index (Phi) is 8.06. The molecule has 7 heteroatoms. The quantitative estimate of drug-likeness (QED) is 0.186. The number of aromatic nitrogens is 2. The lowest BCUT2D eigenvalue weighted by Crippen LogP contribution is -2.06. The van der Waals surface area contributed by atoms with Gasteiger partial charge in [-0.3, -0.25) is 0 Å². The molecule has 0 aliphatic carbocycles. The number of nitrogens with zero attached hydrogens (tertiary/aromatic N) is 2. The lowest BCUT2D eigenvalue weighted by atomic mass is 10.0. The second kappa shape index (κ2) is 11.7. The normalized spacial score (nSPS) is 11.0. The summed E-state index contributed by atoms with van der Waals surface area (Å²) in [5.74, 6) is 2.34. The van der Waals surface area contributed by atoms with Gasteiger partial charge < -0.3 is 18.8 Å². The lowest BCUT2D eigenvalue weighted by Gasteiger charge is -2.17. The number of benzene rings is 4. The predicted molar refractivity (Wildman–Crippen MR) is 163 cm³/mol. The zero-order valence-electron chi connectivity index (χ0n) is 23.1. The summed E-state index contributed by atoms with van der Waals surface area (Å²) in [5.41, 5.74) is 7.96. The van der Waals surface area contributed by atoms with Gasteiger partial charge in [-0.05, 0) is 43.7 Å². The Balaban J connectivity index is 1.85. The highest BCUT2D eigenvalue weighted by molar-refractivity contribution is 6.35. The highest BCUT2D eigenvalue weighted by atomic mass is 35.5. The van der Waals surface area contributed by atoms with Gasteiger partial charge >= 0.3 is 0 Å². The number of halogens is 2. The Morgan fingerprint density at radius 1 is 0.675 bits per heavy atom. The second-order valence-electron chi connectivity index (χ2n) is 9.60. The molecule has 0 bridgehead atoms. The van der Waals surface area contributed by atoms with Gasteiger partial charge in [-0.2, -0.15) is 0 Å². The molecule has 0 amide bonds. The fourth-order valence-electron chi connectivity index (χ4n) is 4.77. The van der Waals surface area contributed by atoms with E-state index in [2.05, 4.69) is 66.9 Å². The van der Waals surface area contributed by atoms with Gasteiger partial charge in [0, 0.05) is 26.7 Å². The molecule has 40 heavy (non-hydrogen) atoms. The predicted octanol–water partition coefficient (Wildman–Crippen LogP) is 8.88. The van der Waals surface area contributed by atoms with Crippen LogP contribution in [0.25, 0.3) is 33.9 Å². The SMILES string of the molecule is COc1cc(-c2nc(-c3ccc(C)cc3)c(-c3ccc(C)cc3)n2Cc2ccc(Cl)cc2Cl)cc(OC)c1OC. The van der Waals surface area contributed by atoms with Crippen LogP contribution in [-0.4, -0.2) is 30.9 Å². The van der Waals surface area contributed by atoms with Crippen LogP contribution < -0.4 is 14.2 Å². The van der Waals surface area contributed by atoms with Crippen molar-refractivity contribution in [1.29, 1.82) is 0 Å². The minimum Gasteiger partial charge on any atom is -0.493 e. The minimum absolute atomic E-state index is 0.462. The van der Waals surface area contributed by atoms with Crippen molar-refractivity contribution in [1.82, 2.24) is 9.55 Å². The molecule has 0 radical (unpaired) electrons. The summed E-state index contributed by atoms with van der Waals surface area (Å²) >= 11 is 12.9. The maximum atomic E-state index is 6.70. The molecule has 0 aliphatic heterocycles. The van der Waals surface area contributed by atoms with E-state index < -0.39 is 0 Å². The van der Waals surface area contributed by atoms with Crippen LogP contribution in [0.5, 0.6) is 17.2 Å². The van der Waals surface area contributed by atoms with Gasteiger partial charge in [0.25, 0.3) is 0 Å². The molecule has 5 aromatic rings. The first-order valence-corrected chi connectivity index (χ1v) is 13.6. The van der Waals surface area contributed by atoms with Gasteiger partial charge in [0.1, 0.15) is 5.82 Å². The van der Waals surface area contributed by atoms with Crippen molar-refractivity contribution in [3.05, 3.63) is 106 Å². The molecule has 204 valence electrons. The van der Waals surface area contributed by atoms with Gasteiger partial charge in [-0.25, -0.2) is 4.98 Å². The first-order valence-electron chi connectivity index (χ1n) is 12.8. The Labute approximate surface area is 244 Å². The van der Waals surface area contributed by atoms with Gasteiger partial charge in [0.15, 0.2) is 11.5 Å². The Morgan fingerprint density at radius 3 is 1.77 bits per heavy atom. The van der Waals surface area contributed by atoms with E-state index in [0.29, 0.717) is 33.8 Å². The summed E-state index contributed by atoms with van der Waals surface area (Å²) in [6.45, 7) is 4.62. The first kappa shape index (κ1) is 27.6. The Morgan fingerprint density at radius 2 is 1.25 bits per heavy atom. The molecule has 0 N–H and O–H groups in total. The average molecular weight is 574 g/mol. The third kappa shape index (κ3) is 5.40. The van der Waals surface area contributed by atoms with Crippen molar-refractivity contribution in [3.8, 4) is 51.2 Å². The molecule has 0 spiro atoms. The van der Waals surface area contributed by atoms with E-state index in [0.717, 1.165) is 39.5 Å². The van der Waals surface area contributed by atoms with Crippen molar-refractivity contribution in [2.45, 2.75) is 20.4 Å². The minimum atomic E-state index is 0.462. The topological polar surface area (TPSA) is 45.5 Å². The number of hydrogen-bond acceptors (Lipinski definition) is 4. The summed E-state index contributed by atoms with van der Waals surface area (Å²) in [7, 11) is 4.81. The van der Waals surface area contributed by atoms with Crippen LogP contribution in [-0.2, 0) is 6.54 Å². The van der Waals surface area contributed by atoms with Crippen molar-refractivity contribution in [2.75, 3.05) is 21.3 Å². The molecule has 5 rings (SSSR count). The smallest absolute Gasteiger partial charge is 0.203 e. The molecule has 0 saturated heterocycles. The molecule has 0 aliphatic rings. The van der Waals surface area contributed by atoms with Crippen LogP contribution in [0.15, 0.2) is 78.9 Å². The largest absolute Gasteiger partial charge is 0.493 e. The van der Waals surface area contributed by atoms with E-state index in [1.165, 1.54) is 11.1 Å². The standard InChI is InChI=1S/C33H30Cl2N2O3/c1-20-6-10-22(11-7-20)30-31(23-12-8-21(2)9-13-23)37(19-24-14-15-26(34)18-27(24)35)33(36-30)25-16-28(38-3)32(40-5)29(17-25)39-4/h6-18H,19H2,1-5H3. The number of methoxy groups -OCH3 is 3. The fourth-order valence-corrected chi connectivity index (χ4v) is 5.24. The Hall–Kier alpha value is -3.93. The average Bonchev–Trinajstić information content (AvgIpc) is 3.33. The molecule has 0 fully saturated rings. The van der Waals surface area contributed by atoms with Gasteiger partial charge in [0.2, 0.25) is 5.75 Å². The Bertz CT molecular complexity index is 1630. The molecule has 0 saturated carbocycles. The number of hydrogen-bond donors (Lipinski definition) is 0. The third-order valence-corrected chi connectivity index (χ3v) is 7.47. The maximum absolute atomic E-state index is 6.70. The zero-order valence-corrected chi connectivity index (χ0v) is 24.6. The molecule has 1 aromatic heterocycles. The summed E-state index contributed by atoms with van der Waals surface area (Å²) in [6.07, 6.45) is 0. The third-order valence-electron chi connectivity index (χ3n) is 6.88. The molecule has 0 unspecified atom stereocenters. The van der Waals surface area contributed by atoms with E-state index >= 15 is 0 Å². The van der Waals surface area contributed by atoms with Gasteiger partial charge in [0.05, 0.1) is 39.3 Å². The molecule has 5 nitrogen and oxygen atoms in total. The van der Waals surface area contributed by atoms with Crippen LogP contribution in [0.2, 0.25) is 10.0 Å².